The Balaban J connectivity index is 1.85. The van der Waals surface area contributed by atoms with Crippen molar-refractivity contribution in [3.8, 4) is 0 Å². The number of nitrogens with zero attached hydrogens (tertiary/aromatic N) is 1. The van der Waals surface area contributed by atoms with Gasteiger partial charge in [0.05, 0.1) is 6.04 Å². The lowest BCUT2D eigenvalue weighted by atomic mass is 9.89. The van der Waals surface area contributed by atoms with Crippen LogP contribution in [0.4, 0.5) is 5.69 Å². The number of nitrogens with one attached hydrogen (secondary N) is 1. The fourth-order valence-electron chi connectivity index (χ4n) is 2.74. The van der Waals surface area contributed by atoms with Gasteiger partial charge in [-0.2, -0.15) is 0 Å². The van der Waals surface area contributed by atoms with Crippen molar-refractivity contribution < 1.29 is 4.79 Å². The molecule has 102 valence electrons. The number of β-lactam (4-membered cyclic amide) rings is 1. The summed E-state index contributed by atoms with van der Waals surface area (Å²) in [7, 11) is 1.86. The van der Waals surface area contributed by atoms with Gasteiger partial charge in [-0.1, -0.05) is 48.5 Å². The molecule has 0 bridgehead atoms. The number of benzene rings is 2. The van der Waals surface area contributed by atoms with Gasteiger partial charge in [0.2, 0.25) is 5.91 Å². The van der Waals surface area contributed by atoms with Gasteiger partial charge >= 0.3 is 0 Å². The number of carbonyl (C=O) groups is 1. The molecule has 20 heavy (non-hydrogen) atoms. The average Bonchev–Trinajstić information content (AvgIpc) is 2.49. The zero-order valence-corrected chi connectivity index (χ0v) is 11.7. The lowest BCUT2D eigenvalue weighted by Crippen LogP contribution is -2.60. The van der Waals surface area contributed by atoms with E-state index >= 15 is 0 Å². The van der Waals surface area contributed by atoms with Gasteiger partial charge in [-0.3, -0.25) is 4.79 Å². The average molecular weight is 266 g/mol. The molecule has 1 heterocycles. The number of hydrogen-bond donors (Lipinski definition) is 1. The van der Waals surface area contributed by atoms with Crippen LogP contribution in [-0.4, -0.2) is 23.9 Å². The van der Waals surface area contributed by atoms with E-state index in [2.05, 4.69) is 17.4 Å². The molecule has 0 aliphatic carbocycles. The Bertz CT molecular complexity index is 624. The van der Waals surface area contributed by atoms with Crippen molar-refractivity contribution in [1.29, 1.82) is 0 Å². The van der Waals surface area contributed by atoms with Gasteiger partial charge in [-0.15, -0.1) is 0 Å². The van der Waals surface area contributed by atoms with Crippen molar-refractivity contribution >= 4 is 11.6 Å². The minimum Gasteiger partial charge on any atom is -0.372 e. The van der Waals surface area contributed by atoms with Crippen LogP contribution in [0.5, 0.6) is 0 Å². The third kappa shape index (κ3) is 2.05. The molecule has 1 N–H and O–H groups in total. The summed E-state index contributed by atoms with van der Waals surface area (Å²) >= 11 is 0. The van der Waals surface area contributed by atoms with Crippen molar-refractivity contribution in [2.24, 2.45) is 0 Å². The van der Waals surface area contributed by atoms with Gasteiger partial charge in [0.1, 0.15) is 6.04 Å². The molecule has 1 amide bonds. The molecule has 2 aromatic rings. The Kier molecular flexibility index (Phi) is 3.18. The van der Waals surface area contributed by atoms with Crippen LogP contribution in [0.25, 0.3) is 0 Å². The van der Waals surface area contributed by atoms with Crippen LogP contribution >= 0.6 is 0 Å². The molecule has 3 nitrogen and oxygen atoms in total. The highest BCUT2D eigenvalue weighted by atomic mass is 16.2. The van der Waals surface area contributed by atoms with E-state index in [1.54, 1.807) is 4.90 Å². The molecule has 0 aromatic heterocycles. The normalized spacial score (nSPS) is 21.5. The maximum Gasteiger partial charge on any atom is 0.247 e. The molecule has 0 spiro atoms. The van der Waals surface area contributed by atoms with Crippen LogP contribution in [0.1, 0.15) is 17.2 Å². The van der Waals surface area contributed by atoms with Crippen LogP contribution in [0.3, 0.4) is 0 Å². The number of para-hydroxylation sites is 1. The van der Waals surface area contributed by atoms with E-state index in [9.17, 15) is 4.79 Å². The van der Waals surface area contributed by atoms with Gasteiger partial charge in [0.15, 0.2) is 0 Å². The molecular weight excluding hydrogens is 248 g/mol. The second-order valence-corrected chi connectivity index (χ2v) is 5.24. The predicted molar refractivity (Wildman–Crippen MR) is 80.5 cm³/mol. The zero-order valence-electron chi connectivity index (χ0n) is 11.7. The molecule has 0 saturated carbocycles. The van der Waals surface area contributed by atoms with E-state index in [1.165, 1.54) is 5.56 Å². The number of likely N-dealkylation sites (tertiary alicyclic amines) is 1. The lowest BCUT2D eigenvalue weighted by molar-refractivity contribution is -0.145. The third-order valence-corrected chi connectivity index (χ3v) is 3.94. The minimum atomic E-state index is -0.177. The standard InChI is InChI=1S/C17H18N2O/c1-12-8-6-7-11-14(12)18-15-16(19(2)17(15)20)13-9-4-3-5-10-13/h3-11,15-16,18H,1-2H3. The molecule has 1 fully saturated rings. The summed E-state index contributed by atoms with van der Waals surface area (Å²) < 4.78 is 0. The molecule has 2 aromatic carbocycles. The number of carbonyl (C=O) groups excluding carboxylic acids is 1. The fraction of sp³-hybridized carbons (Fsp3) is 0.235. The van der Waals surface area contributed by atoms with Crippen LogP contribution in [0.2, 0.25) is 0 Å². The summed E-state index contributed by atoms with van der Waals surface area (Å²) in [6.07, 6.45) is 0. The fourth-order valence-corrected chi connectivity index (χ4v) is 2.74. The van der Waals surface area contributed by atoms with Gasteiger partial charge in [-0.05, 0) is 24.1 Å². The smallest absolute Gasteiger partial charge is 0.247 e. The molecule has 2 unspecified atom stereocenters. The molecule has 3 rings (SSSR count). The molecule has 3 heteroatoms. The Morgan fingerprint density at radius 2 is 1.65 bits per heavy atom. The number of rotatable bonds is 3. The summed E-state index contributed by atoms with van der Waals surface area (Å²) in [5.41, 5.74) is 3.35. The second-order valence-electron chi connectivity index (χ2n) is 5.24. The molecular formula is C17H18N2O. The largest absolute Gasteiger partial charge is 0.372 e. The Labute approximate surface area is 119 Å². The van der Waals surface area contributed by atoms with Crippen molar-refractivity contribution in [3.05, 3.63) is 65.7 Å². The summed E-state index contributed by atoms with van der Waals surface area (Å²) in [6, 6.07) is 18.1. The van der Waals surface area contributed by atoms with Gasteiger partial charge < -0.3 is 10.2 Å². The highest BCUT2D eigenvalue weighted by Crippen LogP contribution is 2.35. The van der Waals surface area contributed by atoms with Crippen molar-refractivity contribution in [2.75, 3.05) is 12.4 Å². The maximum atomic E-state index is 12.1. The summed E-state index contributed by atoms with van der Waals surface area (Å²) in [5, 5.41) is 3.38. The van der Waals surface area contributed by atoms with Crippen molar-refractivity contribution in [2.45, 2.75) is 19.0 Å². The molecule has 2 atom stereocenters. The van der Waals surface area contributed by atoms with Crippen molar-refractivity contribution in [1.82, 2.24) is 4.90 Å². The summed E-state index contributed by atoms with van der Waals surface area (Å²) in [6.45, 7) is 2.05. The number of aryl methyl sites for hydroxylation is 1. The molecule has 1 aliphatic rings. The topological polar surface area (TPSA) is 32.3 Å². The van der Waals surface area contributed by atoms with E-state index < -0.39 is 0 Å². The van der Waals surface area contributed by atoms with E-state index in [0.717, 1.165) is 11.3 Å². The first kappa shape index (κ1) is 12.7. The highest BCUT2D eigenvalue weighted by molar-refractivity contribution is 5.92. The van der Waals surface area contributed by atoms with E-state index in [0.29, 0.717) is 0 Å². The lowest BCUT2D eigenvalue weighted by Gasteiger charge is -2.46. The predicted octanol–water partition coefficient (Wildman–Crippen LogP) is 2.99. The third-order valence-electron chi connectivity index (χ3n) is 3.94. The Morgan fingerprint density at radius 1 is 1.00 bits per heavy atom. The Morgan fingerprint density at radius 3 is 2.35 bits per heavy atom. The zero-order chi connectivity index (χ0) is 14.1. The first-order chi connectivity index (χ1) is 9.68. The van der Waals surface area contributed by atoms with Crippen LogP contribution in [0, 0.1) is 6.92 Å². The number of hydrogen-bond acceptors (Lipinski definition) is 2. The molecule has 1 aliphatic heterocycles. The number of amides is 1. The monoisotopic (exact) mass is 266 g/mol. The van der Waals surface area contributed by atoms with Gasteiger partial charge in [0.25, 0.3) is 0 Å². The van der Waals surface area contributed by atoms with Crippen molar-refractivity contribution in [3.63, 3.8) is 0 Å². The van der Waals surface area contributed by atoms with Gasteiger partial charge in [0, 0.05) is 12.7 Å². The first-order valence-corrected chi connectivity index (χ1v) is 6.82. The summed E-state index contributed by atoms with van der Waals surface area (Å²) in [5.74, 6) is 0.141. The molecule has 1 saturated heterocycles. The highest BCUT2D eigenvalue weighted by Gasteiger charge is 2.45. The maximum absolute atomic E-state index is 12.1. The summed E-state index contributed by atoms with van der Waals surface area (Å²) in [4.78, 5) is 13.9. The Hall–Kier alpha value is -2.29. The second kappa shape index (κ2) is 5.00. The van der Waals surface area contributed by atoms with Crippen LogP contribution in [0.15, 0.2) is 54.6 Å². The van der Waals surface area contributed by atoms with Crippen LogP contribution in [-0.2, 0) is 4.79 Å². The van der Waals surface area contributed by atoms with E-state index in [4.69, 9.17) is 0 Å². The quantitative estimate of drug-likeness (QED) is 0.866. The SMILES string of the molecule is Cc1ccccc1NC1C(=O)N(C)C1c1ccccc1. The molecule has 0 radical (unpaired) electrons. The first-order valence-electron chi connectivity index (χ1n) is 6.82. The van der Waals surface area contributed by atoms with E-state index in [-0.39, 0.29) is 18.0 Å². The van der Waals surface area contributed by atoms with Crippen LogP contribution < -0.4 is 5.32 Å². The number of anilines is 1. The van der Waals surface area contributed by atoms with Gasteiger partial charge in [-0.25, -0.2) is 0 Å². The van der Waals surface area contributed by atoms with E-state index in [1.807, 2.05) is 56.4 Å². The number of likely N-dealkylation sites (N-methyl/N-ethyl adjacent to an activating group) is 1. The minimum absolute atomic E-state index is 0.100.